The lowest BCUT2D eigenvalue weighted by Gasteiger charge is -2.08. The summed E-state index contributed by atoms with van der Waals surface area (Å²) in [4.78, 5) is 12.0. The third-order valence-electron chi connectivity index (χ3n) is 3.43. The molecule has 2 aromatic carbocycles. The van der Waals surface area contributed by atoms with Gasteiger partial charge in [-0.2, -0.15) is 0 Å². The average molecular weight is 338 g/mol. The summed E-state index contributed by atoms with van der Waals surface area (Å²) < 4.78 is 2.00. The molecular weight excluding hydrogens is 320 g/mol. The van der Waals surface area contributed by atoms with Gasteiger partial charge < -0.3 is 5.32 Å². The predicted octanol–water partition coefficient (Wildman–Crippen LogP) is 3.70. The maximum Gasteiger partial charge on any atom is 0.225 e. The van der Waals surface area contributed by atoms with Crippen molar-refractivity contribution in [3.8, 4) is 5.69 Å². The van der Waals surface area contributed by atoms with Gasteiger partial charge in [0, 0.05) is 23.5 Å². The molecule has 24 heavy (non-hydrogen) atoms. The maximum absolute atomic E-state index is 12.0. The van der Waals surface area contributed by atoms with E-state index in [0.717, 1.165) is 22.4 Å². The molecule has 0 radical (unpaired) electrons. The normalized spacial score (nSPS) is 10.5. The van der Waals surface area contributed by atoms with Crippen LogP contribution < -0.4 is 5.32 Å². The lowest BCUT2D eigenvalue weighted by molar-refractivity contribution is -0.115. The molecule has 1 amide bonds. The van der Waals surface area contributed by atoms with Crippen LogP contribution in [-0.2, 0) is 4.79 Å². The number of benzene rings is 2. The number of hydrogen-bond acceptors (Lipinski definition) is 4. The van der Waals surface area contributed by atoms with E-state index < -0.39 is 0 Å². The summed E-state index contributed by atoms with van der Waals surface area (Å²) in [5.41, 5.74) is 1.84. The highest BCUT2D eigenvalue weighted by Gasteiger charge is 2.12. The summed E-state index contributed by atoms with van der Waals surface area (Å²) in [7, 11) is 0. The van der Waals surface area contributed by atoms with Gasteiger partial charge in [-0.25, -0.2) is 0 Å². The highest BCUT2D eigenvalue weighted by atomic mass is 32.2. The molecule has 1 heterocycles. The van der Waals surface area contributed by atoms with Gasteiger partial charge in [0.15, 0.2) is 5.16 Å². The van der Waals surface area contributed by atoms with Gasteiger partial charge in [0.25, 0.3) is 0 Å². The third-order valence-corrected chi connectivity index (χ3v) is 4.36. The number of carbonyl (C=O) groups is 1. The van der Waals surface area contributed by atoms with Crippen molar-refractivity contribution < 1.29 is 4.79 Å². The number of rotatable bonds is 6. The Kier molecular flexibility index (Phi) is 5.28. The van der Waals surface area contributed by atoms with Gasteiger partial charge in [0.05, 0.1) is 0 Å². The molecular formula is C18H18N4OS. The minimum atomic E-state index is -0.00352. The van der Waals surface area contributed by atoms with Crippen molar-refractivity contribution in [2.75, 3.05) is 11.1 Å². The number of amides is 1. The molecule has 0 fully saturated rings. The van der Waals surface area contributed by atoms with Gasteiger partial charge in [-0.3, -0.25) is 9.36 Å². The number of carbonyl (C=O) groups excluding carboxylic acids is 1. The van der Waals surface area contributed by atoms with E-state index in [1.54, 1.807) is 0 Å². The summed E-state index contributed by atoms with van der Waals surface area (Å²) in [6.07, 6.45) is 0.417. The van der Waals surface area contributed by atoms with Crippen LogP contribution in [0.15, 0.2) is 65.8 Å². The van der Waals surface area contributed by atoms with Crippen LogP contribution in [0.2, 0.25) is 0 Å². The molecule has 0 spiro atoms. The fourth-order valence-electron chi connectivity index (χ4n) is 2.29. The Morgan fingerprint density at radius 1 is 1.04 bits per heavy atom. The Morgan fingerprint density at radius 3 is 2.42 bits per heavy atom. The van der Waals surface area contributed by atoms with E-state index in [2.05, 4.69) is 15.5 Å². The van der Waals surface area contributed by atoms with Gasteiger partial charge in [-0.05, 0) is 31.2 Å². The van der Waals surface area contributed by atoms with Crippen LogP contribution >= 0.6 is 11.8 Å². The summed E-state index contributed by atoms with van der Waals surface area (Å²) in [6.45, 7) is 1.92. The third kappa shape index (κ3) is 4.02. The Balaban J connectivity index is 1.59. The molecule has 6 heteroatoms. The molecule has 122 valence electrons. The number of hydrogen-bond donors (Lipinski definition) is 1. The quantitative estimate of drug-likeness (QED) is 0.696. The van der Waals surface area contributed by atoms with Crippen LogP contribution in [0.5, 0.6) is 0 Å². The first kappa shape index (κ1) is 16.3. The van der Waals surface area contributed by atoms with Gasteiger partial charge in [-0.15, -0.1) is 10.2 Å². The summed E-state index contributed by atoms with van der Waals surface area (Å²) >= 11 is 1.53. The monoisotopic (exact) mass is 338 g/mol. The van der Waals surface area contributed by atoms with E-state index in [4.69, 9.17) is 0 Å². The standard InChI is InChI=1S/C18H18N4OS/c1-14-20-21-18(22(14)16-10-6-3-7-11-16)24-13-12-17(23)19-15-8-4-2-5-9-15/h2-11H,12-13H2,1H3,(H,19,23). The predicted molar refractivity (Wildman–Crippen MR) is 96.5 cm³/mol. The lowest BCUT2D eigenvalue weighted by Crippen LogP contribution is -2.12. The Hall–Kier alpha value is -2.60. The number of aryl methyl sites for hydroxylation is 1. The topological polar surface area (TPSA) is 59.8 Å². The van der Waals surface area contributed by atoms with Gasteiger partial charge in [-0.1, -0.05) is 48.2 Å². The number of thioether (sulfide) groups is 1. The summed E-state index contributed by atoms with van der Waals surface area (Å²) in [6, 6.07) is 19.4. The van der Waals surface area contributed by atoms with Crippen LogP contribution in [0.4, 0.5) is 5.69 Å². The fraction of sp³-hybridized carbons (Fsp3) is 0.167. The first-order valence-electron chi connectivity index (χ1n) is 7.69. The molecule has 5 nitrogen and oxygen atoms in total. The largest absolute Gasteiger partial charge is 0.326 e. The first-order valence-corrected chi connectivity index (χ1v) is 8.68. The van der Waals surface area contributed by atoms with E-state index in [1.165, 1.54) is 11.8 Å². The zero-order chi connectivity index (χ0) is 16.8. The number of anilines is 1. The molecule has 3 aromatic rings. The van der Waals surface area contributed by atoms with Crippen molar-refractivity contribution in [3.63, 3.8) is 0 Å². The van der Waals surface area contributed by atoms with Crippen LogP contribution in [0, 0.1) is 6.92 Å². The van der Waals surface area contributed by atoms with Gasteiger partial charge in [0.1, 0.15) is 5.82 Å². The van der Waals surface area contributed by atoms with E-state index >= 15 is 0 Å². The van der Waals surface area contributed by atoms with Crippen molar-refractivity contribution in [1.82, 2.24) is 14.8 Å². The van der Waals surface area contributed by atoms with Crippen LogP contribution in [0.1, 0.15) is 12.2 Å². The molecule has 0 bridgehead atoms. The second kappa shape index (κ2) is 7.79. The van der Waals surface area contributed by atoms with Crippen molar-refractivity contribution >= 4 is 23.4 Å². The van der Waals surface area contributed by atoms with Crippen molar-refractivity contribution in [3.05, 3.63) is 66.5 Å². The van der Waals surface area contributed by atoms with E-state index in [1.807, 2.05) is 72.2 Å². The molecule has 0 aliphatic carbocycles. The number of aromatic nitrogens is 3. The zero-order valence-electron chi connectivity index (χ0n) is 13.3. The highest BCUT2D eigenvalue weighted by Crippen LogP contribution is 2.22. The van der Waals surface area contributed by atoms with Gasteiger partial charge in [0.2, 0.25) is 5.91 Å². The summed E-state index contributed by atoms with van der Waals surface area (Å²) in [5.74, 6) is 1.47. The van der Waals surface area contributed by atoms with Crippen molar-refractivity contribution in [2.24, 2.45) is 0 Å². The molecule has 1 N–H and O–H groups in total. The maximum atomic E-state index is 12.0. The first-order chi connectivity index (χ1) is 11.7. The van der Waals surface area contributed by atoms with Crippen molar-refractivity contribution in [1.29, 1.82) is 0 Å². The Bertz CT molecular complexity index is 802. The van der Waals surface area contributed by atoms with Crippen LogP contribution in [0.25, 0.3) is 5.69 Å². The average Bonchev–Trinajstić information content (AvgIpc) is 2.97. The van der Waals surface area contributed by atoms with E-state index in [0.29, 0.717) is 12.2 Å². The molecule has 0 atom stereocenters. The van der Waals surface area contributed by atoms with Gasteiger partial charge >= 0.3 is 0 Å². The molecule has 0 aliphatic heterocycles. The minimum absolute atomic E-state index is 0.00352. The molecule has 0 saturated heterocycles. The minimum Gasteiger partial charge on any atom is -0.326 e. The smallest absolute Gasteiger partial charge is 0.225 e. The Labute approximate surface area is 145 Å². The van der Waals surface area contributed by atoms with Crippen LogP contribution in [-0.4, -0.2) is 26.4 Å². The second-order valence-corrected chi connectivity index (χ2v) is 6.28. The number of nitrogens with zero attached hydrogens (tertiary/aromatic N) is 3. The molecule has 0 saturated carbocycles. The summed E-state index contributed by atoms with van der Waals surface area (Å²) in [5, 5.41) is 12.0. The number of nitrogens with one attached hydrogen (secondary N) is 1. The second-order valence-electron chi connectivity index (χ2n) is 5.21. The Morgan fingerprint density at radius 2 is 1.71 bits per heavy atom. The van der Waals surface area contributed by atoms with Crippen molar-refractivity contribution in [2.45, 2.75) is 18.5 Å². The molecule has 3 rings (SSSR count). The molecule has 1 aromatic heterocycles. The molecule has 0 aliphatic rings. The van der Waals surface area contributed by atoms with Crippen LogP contribution in [0.3, 0.4) is 0 Å². The van der Waals surface area contributed by atoms with E-state index in [9.17, 15) is 4.79 Å². The van der Waals surface area contributed by atoms with E-state index in [-0.39, 0.29) is 5.91 Å². The lowest BCUT2D eigenvalue weighted by atomic mass is 10.3. The SMILES string of the molecule is Cc1nnc(SCCC(=O)Nc2ccccc2)n1-c1ccccc1. The molecule has 0 unspecified atom stereocenters. The highest BCUT2D eigenvalue weighted by molar-refractivity contribution is 7.99. The fourth-order valence-corrected chi connectivity index (χ4v) is 3.23. The number of para-hydroxylation sites is 2. The zero-order valence-corrected chi connectivity index (χ0v) is 14.2.